The first-order chi connectivity index (χ1) is 8.68. The average molecular weight is 263 g/mol. The van der Waals surface area contributed by atoms with Gasteiger partial charge in [-0.3, -0.25) is 9.59 Å². The van der Waals surface area contributed by atoms with Gasteiger partial charge in [-0.2, -0.15) is 0 Å². The number of amides is 2. The lowest BCUT2D eigenvalue weighted by molar-refractivity contribution is -0.122. The topological polar surface area (TPSA) is 50.3 Å². The summed E-state index contributed by atoms with van der Waals surface area (Å²) in [6, 6.07) is 5.18. The van der Waals surface area contributed by atoms with Crippen LogP contribution in [0.15, 0.2) is 35.5 Å². The third kappa shape index (κ3) is 1.64. The van der Waals surface area contributed by atoms with Gasteiger partial charge in [0.1, 0.15) is 5.82 Å². The molecule has 18 heavy (non-hydrogen) atoms. The van der Waals surface area contributed by atoms with Crippen molar-refractivity contribution in [2.45, 2.75) is 12.8 Å². The van der Waals surface area contributed by atoms with Crippen LogP contribution in [0.3, 0.4) is 0 Å². The van der Waals surface area contributed by atoms with Crippen LogP contribution in [0.25, 0.3) is 0 Å². The molecule has 92 valence electrons. The van der Waals surface area contributed by atoms with Crippen molar-refractivity contribution in [1.29, 1.82) is 0 Å². The van der Waals surface area contributed by atoms with E-state index in [9.17, 15) is 9.59 Å². The van der Waals surface area contributed by atoms with Crippen molar-refractivity contribution in [1.82, 2.24) is 4.98 Å². The quantitative estimate of drug-likeness (QED) is 0.729. The van der Waals surface area contributed by atoms with Crippen LogP contribution in [0, 0.1) is 11.8 Å². The van der Waals surface area contributed by atoms with Crippen LogP contribution in [0.2, 0.25) is 0 Å². The summed E-state index contributed by atoms with van der Waals surface area (Å²) in [5.74, 6) is -0.545. The molecule has 2 aliphatic rings. The Bertz CT molecular complexity index is 541. The number of carbonyl (C=O) groups excluding carboxylic acids is 2. The van der Waals surface area contributed by atoms with Gasteiger partial charge in [0, 0.05) is 11.2 Å². The Morgan fingerprint density at radius 2 is 2.00 bits per heavy atom. The second kappa shape index (κ2) is 4.21. The van der Waals surface area contributed by atoms with E-state index in [-0.39, 0.29) is 23.7 Å². The monoisotopic (exact) mass is 262 g/mol. The molecule has 1 saturated heterocycles. The van der Waals surface area contributed by atoms with Crippen molar-refractivity contribution in [3.8, 4) is 0 Å². The zero-order valence-corrected chi connectivity index (χ0v) is 10.3. The Balaban J connectivity index is 1.96. The summed E-state index contributed by atoms with van der Waals surface area (Å²) in [5.41, 5.74) is 0. The molecule has 4 nitrogen and oxygen atoms in total. The van der Waals surface area contributed by atoms with Gasteiger partial charge in [-0.15, -0.1) is 0 Å². The van der Waals surface area contributed by atoms with E-state index in [1.54, 1.807) is 24.4 Å². The number of pyridine rings is 1. The average Bonchev–Trinajstić information content (AvgIpc) is 2.63. The minimum absolute atomic E-state index is 0.163. The number of aromatic nitrogens is 1. The first-order valence-electron chi connectivity index (χ1n) is 5.82. The van der Waals surface area contributed by atoms with Crippen molar-refractivity contribution < 1.29 is 9.59 Å². The van der Waals surface area contributed by atoms with Crippen molar-refractivity contribution >= 4 is 29.2 Å². The maximum absolute atomic E-state index is 12.3. The lowest BCUT2D eigenvalue weighted by atomic mass is 9.85. The Morgan fingerprint density at radius 3 is 2.72 bits per heavy atom. The molecule has 2 heterocycles. The fourth-order valence-electron chi connectivity index (χ4n) is 2.54. The van der Waals surface area contributed by atoms with E-state index in [1.165, 1.54) is 4.90 Å². The fourth-order valence-corrected chi connectivity index (χ4v) is 2.79. The van der Waals surface area contributed by atoms with E-state index < -0.39 is 0 Å². The summed E-state index contributed by atoms with van der Waals surface area (Å²) in [6.07, 6.45) is 4.40. The number of carbonyl (C=O) groups is 2. The van der Waals surface area contributed by atoms with Gasteiger partial charge in [0.15, 0.2) is 0 Å². The summed E-state index contributed by atoms with van der Waals surface area (Å²) in [7, 11) is 0. The van der Waals surface area contributed by atoms with E-state index in [4.69, 9.17) is 11.6 Å². The first-order valence-corrected chi connectivity index (χ1v) is 6.19. The fraction of sp³-hybridized carbons (Fsp3) is 0.308. The van der Waals surface area contributed by atoms with E-state index >= 15 is 0 Å². The predicted octanol–water partition coefficient (Wildman–Crippen LogP) is 2.10. The van der Waals surface area contributed by atoms with Crippen LogP contribution >= 0.6 is 11.6 Å². The Morgan fingerprint density at radius 1 is 1.22 bits per heavy atom. The molecule has 1 aliphatic heterocycles. The van der Waals surface area contributed by atoms with Crippen LogP contribution < -0.4 is 4.90 Å². The summed E-state index contributed by atoms with van der Waals surface area (Å²) in [4.78, 5) is 29.8. The van der Waals surface area contributed by atoms with Crippen molar-refractivity contribution in [3.63, 3.8) is 0 Å². The molecule has 2 amide bonds. The first kappa shape index (κ1) is 11.4. The normalized spacial score (nSPS) is 27.2. The van der Waals surface area contributed by atoms with Crippen LogP contribution in [-0.2, 0) is 9.59 Å². The van der Waals surface area contributed by atoms with E-state index in [2.05, 4.69) is 4.98 Å². The van der Waals surface area contributed by atoms with Gasteiger partial charge in [0.2, 0.25) is 11.8 Å². The van der Waals surface area contributed by atoms with Gasteiger partial charge in [-0.05, 0) is 25.0 Å². The molecule has 1 aromatic rings. The molecule has 3 rings (SSSR count). The molecule has 0 bridgehead atoms. The Labute approximate surface area is 109 Å². The molecular formula is C13H11ClN2O2. The molecule has 0 N–H and O–H groups in total. The predicted molar refractivity (Wildman–Crippen MR) is 66.9 cm³/mol. The maximum Gasteiger partial charge on any atom is 0.239 e. The number of fused-ring (bicyclic) bond motifs is 1. The molecular weight excluding hydrogens is 252 g/mol. The molecule has 2 unspecified atom stereocenters. The Hall–Kier alpha value is -1.68. The smallest absolute Gasteiger partial charge is 0.239 e. The lowest BCUT2D eigenvalue weighted by Crippen LogP contribution is -2.31. The second-order valence-electron chi connectivity index (χ2n) is 4.50. The van der Waals surface area contributed by atoms with Crippen molar-refractivity contribution in [3.05, 3.63) is 35.5 Å². The molecule has 1 aromatic heterocycles. The minimum Gasteiger partial charge on any atom is -0.274 e. The highest BCUT2D eigenvalue weighted by Crippen LogP contribution is 2.40. The van der Waals surface area contributed by atoms with Gasteiger partial charge in [0.05, 0.1) is 11.8 Å². The van der Waals surface area contributed by atoms with Crippen LogP contribution in [0.5, 0.6) is 0 Å². The molecule has 1 fully saturated rings. The van der Waals surface area contributed by atoms with E-state index in [0.717, 1.165) is 0 Å². The van der Waals surface area contributed by atoms with Crippen molar-refractivity contribution in [2.75, 3.05) is 4.90 Å². The lowest BCUT2D eigenvalue weighted by Gasteiger charge is -2.17. The number of allylic oxidation sites excluding steroid dienone is 2. The highest BCUT2D eigenvalue weighted by Gasteiger charge is 2.49. The van der Waals surface area contributed by atoms with Crippen LogP contribution in [-0.4, -0.2) is 16.8 Å². The Kier molecular flexibility index (Phi) is 2.67. The zero-order valence-electron chi connectivity index (χ0n) is 9.54. The molecule has 0 radical (unpaired) electrons. The number of imide groups is 1. The van der Waals surface area contributed by atoms with Gasteiger partial charge in [-0.25, -0.2) is 9.88 Å². The third-order valence-electron chi connectivity index (χ3n) is 3.45. The molecule has 0 saturated carbocycles. The molecule has 2 atom stereocenters. The highest BCUT2D eigenvalue weighted by atomic mass is 35.5. The summed E-state index contributed by atoms with van der Waals surface area (Å²) < 4.78 is 0. The second-order valence-corrected chi connectivity index (χ2v) is 4.99. The largest absolute Gasteiger partial charge is 0.274 e. The van der Waals surface area contributed by atoms with Gasteiger partial charge in [0.25, 0.3) is 0 Å². The zero-order chi connectivity index (χ0) is 12.7. The minimum atomic E-state index is -0.322. The third-order valence-corrected chi connectivity index (χ3v) is 3.76. The number of rotatable bonds is 1. The standard InChI is InChI=1S/C13H11ClN2O2/c14-8-4-5-9-10(7-8)13(18)16(12(9)17)11-3-1-2-6-15-11/h1-4,6,9-10H,5,7H2. The maximum atomic E-state index is 12.3. The SMILES string of the molecule is O=C1C2CC=C(Cl)CC2C(=O)N1c1ccccn1. The van der Waals surface area contributed by atoms with Gasteiger partial charge in [-0.1, -0.05) is 23.7 Å². The summed E-state index contributed by atoms with van der Waals surface area (Å²) >= 11 is 5.95. The summed E-state index contributed by atoms with van der Waals surface area (Å²) in [6.45, 7) is 0. The van der Waals surface area contributed by atoms with Crippen molar-refractivity contribution in [2.24, 2.45) is 11.8 Å². The number of halogens is 1. The molecule has 0 spiro atoms. The molecule has 0 aromatic carbocycles. The van der Waals surface area contributed by atoms with Gasteiger partial charge < -0.3 is 0 Å². The van der Waals surface area contributed by atoms with E-state index in [0.29, 0.717) is 23.7 Å². The van der Waals surface area contributed by atoms with Crippen LogP contribution in [0.4, 0.5) is 5.82 Å². The van der Waals surface area contributed by atoms with E-state index in [1.807, 2.05) is 6.08 Å². The molecule has 1 aliphatic carbocycles. The number of hydrogen-bond donors (Lipinski definition) is 0. The molecule has 5 heteroatoms. The summed E-state index contributed by atoms with van der Waals surface area (Å²) in [5, 5.41) is 0.667. The number of hydrogen-bond acceptors (Lipinski definition) is 3. The number of anilines is 1. The highest BCUT2D eigenvalue weighted by molar-refractivity contribution is 6.30. The number of nitrogens with zero attached hydrogens (tertiary/aromatic N) is 2. The van der Waals surface area contributed by atoms with Gasteiger partial charge >= 0.3 is 0 Å². The van der Waals surface area contributed by atoms with Crippen LogP contribution in [0.1, 0.15) is 12.8 Å².